The molecule has 0 aliphatic carbocycles. The molecular formula is C14H11NO3S. The molecule has 5 heteroatoms. The molecule has 1 saturated heterocycles. The van der Waals surface area contributed by atoms with Crippen LogP contribution in [0.25, 0.3) is 10.8 Å². The molecule has 0 bridgehead atoms. The van der Waals surface area contributed by atoms with E-state index in [1.54, 1.807) is 6.07 Å². The van der Waals surface area contributed by atoms with Crippen molar-refractivity contribution in [2.45, 2.75) is 12.2 Å². The van der Waals surface area contributed by atoms with Gasteiger partial charge in [-0.05, 0) is 34.6 Å². The number of aliphatic hydroxyl groups is 1. The van der Waals surface area contributed by atoms with E-state index in [1.807, 2.05) is 36.4 Å². The van der Waals surface area contributed by atoms with Crippen LogP contribution in [0.3, 0.4) is 0 Å². The van der Waals surface area contributed by atoms with E-state index in [0.717, 1.165) is 10.8 Å². The molecule has 2 N–H and O–H groups in total. The zero-order chi connectivity index (χ0) is 13.4. The number of aliphatic hydroxyl groups excluding tert-OH is 1. The summed E-state index contributed by atoms with van der Waals surface area (Å²) < 4.78 is 5.12. The van der Waals surface area contributed by atoms with Crippen LogP contribution in [0, 0.1) is 0 Å². The predicted molar refractivity (Wildman–Crippen MR) is 74.5 cm³/mol. The average Bonchev–Trinajstić information content (AvgIpc) is 2.76. The molecule has 1 amide bonds. The normalized spacial score (nSPS) is 20.2. The Balaban J connectivity index is 1.95. The van der Waals surface area contributed by atoms with Gasteiger partial charge >= 0.3 is 0 Å². The molecule has 2 aromatic carbocycles. The van der Waals surface area contributed by atoms with Gasteiger partial charge in [-0.3, -0.25) is 10.1 Å². The Morgan fingerprint density at radius 2 is 1.95 bits per heavy atom. The van der Waals surface area contributed by atoms with Crippen LogP contribution in [0.2, 0.25) is 0 Å². The van der Waals surface area contributed by atoms with Crippen LogP contribution in [0.1, 0.15) is 11.7 Å². The van der Waals surface area contributed by atoms with E-state index in [1.165, 1.54) is 0 Å². The molecule has 1 heterocycles. The number of fused-ring (bicyclic) bond motifs is 1. The number of hydrogen-bond donors (Lipinski definition) is 2. The predicted octanol–water partition coefficient (Wildman–Crippen LogP) is 1.67. The highest BCUT2D eigenvalue weighted by atomic mass is 32.1. The summed E-state index contributed by atoms with van der Waals surface area (Å²) in [4.78, 5) is 11.6. The molecular weight excluding hydrogens is 262 g/mol. The summed E-state index contributed by atoms with van der Waals surface area (Å²) in [6.45, 7) is 0. The van der Waals surface area contributed by atoms with Crippen LogP contribution in [0.15, 0.2) is 42.5 Å². The summed E-state index contributed by atoms with van der Waals surface area (Å²) in [5.74, 6) is -0.411. The maximum atomic E-state index is 11.6. The molecule has 2 aromatic rings. The molecule has 1 aliphatic heterocycles. The summed E-state index contributed by atoms with van der Waals surface area (Å²) in [6, 6.07) is 13.3. The molecule has 0 aromatic heterocycles. The van der Waals surface area contributed by atoms with Crippen molar-refractivity contribution >= 4 is 34.1 Å². The minimum Gasteiger partial charge on any atom is -0.454 e. The van der Waals surface area contributed by atoms with Gasteiger partial charge in [-0.1, -0.05) is 36.4 Å². The van der Waals surface area contributed by atoms with Crippen LogP contribution < -0.4 is 5.32 Å². The maximum Gasteiger partial charge on any atom is 0.271 e. The number of thiocarbonyl (C=S) groups is 1. The fourth-order valence-electron chi connectivity index (χ4n) is 2.14. The fraction of sp³-hybridized carbons (Fsp3) is 0.143. The Morgan fingerprint density at radius 1 is 1.21 bits per heavy atom. The molecule has 0 spiro atoms. The van der Waals surface area contributed by atoms with E-state index < -0.39 is 18.1 Å². The van der Waals surface area contributed by atoms with Gasteiger partial charge < -0.3 is 9.84 Å². The number of carbonyl (C=O) groups excluding carboxylic acids is 1. The van der Waals surface area contributed by atoms with Crippen molar-refractivity contribution in [3.05, 3.63) is 48.0 Å². The van der Waals surface area contributed by atoms with Crippen LogP contribution in [-0.2, 0) is 9.53 Å². The molecule has 0 saturated carbocycles. The lowest BCUT2D eigenvalue weighted by Gasteiger charge is -2.15. The van der Waals surface area contributed by atoms with E-state index in [0.29, 0.717) is 5.56 Å². The maximum absolute atomic E-state index is 11.6. The third-order valence-electron chi connectivity index (χ3n) is 3.12. The van der Waals surface area contributed by atoms with Gasteiger partial charge in [-0.2, -0.15) is 0 Å². The lowest BCUT2D eigenvalue weighted by atomic mass is 10.0. The second kappa shape index (κ2) is 4.60. The van der Waals surface area contributed by atoms with Crippen molar-refractivity contribution in [2.24, 2.45) is 0 Å². The first-order chi connectivity index (χ1) is 9.15. The summed E-state index contributed by atoms with van der Waals surface area (Å²) in [6.07, 6.45) is -2.02. The van der Waals surface area contributed by atoms with Crippen LogP contribution >= 0.6 is 12.2 Å². The van der Waals surface area contributed by atoms with E-state index in [4.69, 9.17) is 17.0 Å². The van der Waals surface area contributed by atoms with Crippen molar-refractivity contribution in [3.8, 4) is 0 Å². The van der Waals surface area contributed by atoms with E-state index in [2.05, 4.69) is 5.32 Å². The van der Waals surface area contributed by atoms with Crippen LogP contribution in [0.5, 0.6) is 0 Å². The molecule has 0 radical (unpaired) electrons. The van der Waals surface area contributed by atoms with Crippen molar-refractivity contribution in [1.29, 1.82) is 0 Å². The highest BCUT2D eigenvalue weighted by molar-refractivity contribution is 7.80. The largest absolute Gasteiger partial charge is 0.454 e. The standard InChI is InChI=1S/C14H11NO3S/c16-11(12-13(17)15-14(19)18-12)10-6-5-8-3-1-2-4-9(8)7-10/h1-7,11-12,16H,(H,15,17,19). The van der Waals surface area contributed by atoms with Crippen molar-refractivity contribution in [1.82, 2.24) is 5.32 Å². The lowest BCUT2D eigenvalue weighted by Crippen LogP contribution is -2.29. The second-order valence-electron chi connectivity index (χ2n) is 4.37. The third kappa shape index (κ3) is 2.18. The topological polar surface area (TPSA) is 58.6 Å². The Labute approximate surface area is 115 Å². The zero-order valence-corrected chi connectivity index (χ0v) is 10.7. The molecule has 3 rings (SSSR count). The Bertz CT molecular complexity index is 671. The number of amides is 1. The summed E-state index contributed by atoms with van der Waals surface area (Å²) >= 11 is 4.75. The molecule has 96 valence electrons. The van der Waals surface area contributed by atoms with Crippen LogP contribution in [-0.4, -0.2) is 22.3 Å². The van der Waals surface area contributed by atoms with Gasteiger partial charge in [-0.15, -0.1) is 0 Å². The van der Waals surface area contributed by atoms with Crippen molar-refractivity contribution < 1.29 is 14.6 Å². The van der Waals surface area contributed by atoms with Gasteiger partial charge in [0.2, 0.25) is 6.10 Å². The number of nitrogens with one attached hydrogen (secondary N) is 1. The van der Waals surface area contributed by atoms with Crippen molar-refractivity contribution in [3.63, 3.8) is 0 Å². The minimum absolute atomic E-state index is 0.00911. The first kappa shape index (κ1) is 12.1. The smallest absolute Gasteiger partial charge is 0.271 e. The van der Waals surface area contributed by atoms with Gasteiger partial charge in [0, 0.05) is 0 Å². The first-order valence-corrected chi connectivity index (χ1v) is 6.24. The Morgan fingerprint density at radius 3 is 2.63 bits per heavy atom. The molecule has 19 heavy (non-hydrogen) atoms. The zero-order valence-electron chi connectivity index (χ0n) is 9.87. The molecule has 1 fully saturated rings. The van der Waals surface area contributed by atoms with E-state index in [-0.39, 0.29) is 5.17 Å². The molecule has 4 nitrogen and oxygen atoms in total. The summed E-state index contributed by atoms with van der Waals surface area (Å²) in [5, 5.41) is 14.7. The summed E-state index contributed by atoms with van der Waals surface area (Å²) in [7, 11) is 0. The number of rotatable bonds is 2. The van der Waals surface area contributed by atoms with Crippen molar-refractivity contribution in [2.75, 3.05) is 0 Å². The quantitative estimate of drug-likeness (QED) is 0.817. The van der Waals surface area contributed by atoms with Gasteiger partial charge in [0.25, 0.3) is 11.1 Å². The van der Waals surface area contributed by atoms with E-state index in [9.17, 15) is 9.90 Å². The Hall–Kier alpha value is -1.98. The SMILES string of the molecule is O=C1NC(=S)OC1C(O)c1ccc2ccccc2c1. The first-order valence-electron chi connectivity index (χ1n) is 5.83. The molecule has 1 aliphatic rings. The van der Waals surface area contributed by atoms with Crippen LogP contribution in [0.4, 0.5) is 0 Å². The van der Waals surface area contributed by atoms with Gasteiger partial charge in [0.05, 0.1) is 0 Å². The number of ether oxygens (including phenoxy) is 1. The number of hydrogen-bond acceptors (Lipinski definition) is 4. The van der Waals surface area contributed by atoms with E-state index >= 15 is 0 Å². The monoisotopic (exact) mass is 273 g/mol. The van der Waals surface area contributed by atoms with Gasteiger partial charge in [-0.25, -0.2) is 0 Å². The highest BCUT2D eigenvalue weighted by Gasteiger charge is 2.36. The number of carbonyl (C=O) groups is 1. The average molecular weight is 273 g/mol. The number of benzene rings is 2. The Kier molecular flexibility index (Phi) is 2.93. The third-order valence-corrected chi connectivity index (χ3v) is 3.32. The van der Waals surface area contributed by atoms with Gasteiger partial charge in [0.15, 0.2) is 0 Å². The van der Waals surface area contributed by atoms with Gasteiger partial charge in [0.1, 0.15) is 6.10 Å². The highest BCUT2D eigenvalue weighted by Crippen LogP contribution is 2.25. The molecule has 2 unspecified atom stereocenters. The minimum atomic E-state index is -1.04. The second-order valence-corrected chi connectivity index (χ2v) is 4.74. The lowest BCUT2D eigenvalue weighted by molar-refractivity contribution is -0.127. The summed E-state index contributed by atoms with van der Waals surface area (Å²) in [5.41, 5.74) is 0.628. The molecule has 2 atom stereocenters. The fourth-order valence-corrected chi connectivity index (χ4v) is 2.35.